The molecule has 0 spiro atoms. The maximum atomic E-state index is 4.80. The van der Waals surface area contributed by atoms with Crippen LogP contribution in [0, 0.1) is 0 Å². The van der Waals surface area contributed by atoms with Crippen molar-refractivity contribution in [2.45, 2.75) is 219 Å². The molecule has 4 aromatic rings. The third-order valence-electron chi connectivity index (χ3n) is 20.6. The quantitative estimate of drug-likeness (QED) is 0.0220. The van der Waals surface area contributed by atoms with Crippen LogP contribution in [0.4, 0.5) is 17.1 Å². The molecule has 6 heterocycles. The van der Waals surface area contributed by atoms with Gasteiger partial charge in [-0.15, -0.1) is 0 Å². The first-order chi connectivity index (χ1) is 47.1. The summed E-state index contributed by atoms with van der Waals surface area (Å²) in [5.41, 5.74) is 33.1. The summed E-state index contributed by atoms with van der Waals surface area (Å²) < 4.78 is 0. The molecule has 21 heteroatoms. The minimum absolute atomic E-state index is 0.685. The molecule has 522 valence electrons. The van der Waals surface area contributed by atoms with E-state index in [1.165, 1.54) is 134 Å². The molecule has 0 aliphatic carbocycles. The number of hydrogen-bond donors (Lipinski definition) is 15. The molecule has 4 aromatic carbocycles. The van der Waals surface area contributed by atoms with Gasteiger partial charge < -0.3 is 79.8 Å². The van der Waals surface area contributed by atoms with Crippen LogP contribution in [0.2, 0.25) is 0 Å². The molecule has 0 atom stereocenters. The van der Waals surface area contributed by atoms with E-state index >= 15 is 0 Å². The monoisotopic (exact) mass is 1310 g/mol. The predicted molar refractivity (Wildman–Crippen MR) is 403 cm³/mol. The molecule has 10 rings (SSSR count). The lowest BCUT2D eigenvalue weighted by molar-refractivity contribution is 0.798. The Morgan fingerprint density at radius 3 is 0.448 bits per heavy atom. The summed E-state index contributed by atoms with van der Waals surface area (Å²) in [5, 5.41) is 56.7. The maximum absolute atomic E-state index is 4.80. The second kappa shape index (κ2) is 34.7. The molecule has 0 saturated carbocycles. The maximum Gasteiger partial charge on any atom is 0.191 e. The minimum atomic E-state index is 0.685. The average Bonchev–Trinajstić information content (AvgIpc) is 0.945. The number of hydrogen-bond acceptors (Lipinski definition) is 21. The Labute approximate surface area is 574 Å². The first kappa shape index (κ1) is 70.7. The Kier molecular flexibility index (Phi) is 25.6. The highest BCUT2D eigenvalue weighted by Crippen LogP contribution is 2.41. The second-order valence-electron chi connectivity index (χ2n) is 25.5. The zero-order valence-corrected chi connectivity index (χ0v) is 60.5. The molecule has 0 amide bonds. The van der Waals surface area contributed by atoms with Crippen LogP contribution in [-0.2, 0) is 136 Å². The lowest BCUT2D eigenvalue weighted by atomic mass is 9.82. The number of nitrogens with one attached hydrogen (secondary N) is 15. The molecule has 0 fully saturated rings. The molecule has 0 bridgehead atoms. The summed E-state index contributed by atoms with van der Waals surface area (Å²) in [5.74, 6) is 5.30. The molecule has 6 aliphatic rings. The van der Waals surface area contributed by atoms with E-state index < -0.39 is 0 Å². The van der Waals surface area contributed by atoms with Crippen LogP contribution in [0.3, 0.4) is 0 Å². The van der Waals surface area contributed by atoms with Crippen molar-refractivity contribution in [3.63, 3.8) is 0 Å². The van der Waals surface area contributed by atoms with E-state index in [4.69, 9.17) is 30.0 Å². The highest BCUT2D eigenvalue weighted by Gasteiger charge is 2.30. The van der Waals surface area contributed by atoms with Gasteiger partial charge >= 0.3 is 0 Å². The molecule has 15 N–H and O–H groups in total. The lowest BCUT2D eigenvalue weighted by Gasteiger charge is -2.31. The van der Waals surface area contributed by atoms with E-state index in [0.29, 0.717) is 58.9 Å². The number of nitrogens with zero attached hydrogens (tertiary/aromatic N) is 6. The summed E-state index contributed by atoms with van der Waals surface area (Å²) in [6.45, 7) is 44.3. The molecular formula is C75H117N21. The van der Waals surface area contributed by atoms with Crippen molar-refractivity contribution in [2.75, 3.05) is 94.5 Å². The molecule has 21 nitrogen and oxygen atoms in total. The van der Waals surface area contributed by atoms with Crippen molar-refractivity contribution in [2.24, 2.45) is 30.0 Å². The van der Waals surface area contributed by atoms with E-state index in [1.807, 2.05) is 0 Å². The standard InChI is InChI=1S/C75H117N21/c1-13-46-58(37-88-67-52(19-7)61(40-91-70-76-25-26-77-70)49(16-4)62(53(67)20-8)41-92-71-78-27-28-79-71)47(14-2)60(39-90-69-56(23-11)65(44-95-74-84-33-34-85-74)51(18-6)66(57(69)24-12)45-96-75-86-35-36-87-75)48(15-3)59(46)38-89-68-54(21-9)63(42-93-72-80-29-30-81-72)50(17-5)64(55(68)22-10)43-94-73-82-31-32-83-73/h88-90H,13-45H2,1-12H3,(H2,76,77,91)(H2,78,79,92)(H2,80,81,93)(H2,82,83,94)(H2,84,85,95)(H2,86,87,96). The third-order valence-corrected chi connectivity index (χ3v) is 20.6. The van der Waals surface area contributed by atoms with Crippen LogP contribution in [0.15, 0.2) is 30.0 Å². The Bertz CT molecular complexity index is 3010. The molecule has 96 heavy (non-hydrogen) atoms. The van der Waals surface area contributed by atoms with Gasteiger partial charge in [0.15, 0.2) is 35.8 Å². The van der Waals surface area contributed by atoms with E-state index in [1.54, 1.807) is 0 Å². The third kappa shape index (κ3) is 15.7. The summed E-state index contributed by atoms with van der Waals surface area (Å²) >= 11 is 0. The van der Waals surface area contributed by atoms with Crippen molar-refractivity contribution >= 4 is 52.8 Å². The average molecular weight is 1310 g/mol. The Hall–Kier alpha value is -8.10. The fraction of sp³-hybridized carbons (Fsp3) is 0.600. The highest BCUT2D eigenvalue weighted by atomic mass is 15.2. The summed E-state index contributed by atoms with van der Waals surface area (Å²) in [7, 11) is 0. The van der Waals surface area contributed by atoms with Gasteiger partial charge in [0.25, 0.3) is 0 Å². The van der Waals surface area contributed by atoms with Gasteiger partial charge in [0.1, 0.15) is 0 Å². The second-order valence-corrected chi connectivity index (χ2v) is 25.5. The number of rotatable bonds is 33. The first-order valence-electron chi connectivity index (χ1n) is 37.2. The smallest absolute Gasteiger partial charge is 0.191 e. The number of anilines is 3. The van der Waals surface area contributed by atoms with E-state index in [9.17, 15) is 0 Å². The van der Waals surface area contributed by atoms with Gasteiger partial charge in [-0.25, -0.2) is 0 Å². The van der Waals surface area contributed by atoms with Crippen LogP contribution in [0.25, 0.3) is 0 Å². The lowest BCUT2D eigenvalue weighted by Crippen LogP contribution is -2.35. The first-order valence-corrected chi connectivity index (χ1v) is 37.2. The van der Waals surface area contributed by atoms with Crippen LogP contribution in [0.5, 0.6) is 0 Å². The highest BCUT2D eigenvalue weighted by molar-refractivity contribution is 5.85. The molecule has 0 saturated heterocycles. The van der Waals surface area contributed by atoms with Crippen molar-refractivity contribution in [1.82, 2.24) is 63.8 Å². The number of aliphatic imine (C=N–C) groups is 6. The van der Waals surface area contributed by atoms with Gasteiger partial charge in [0.2, 0.25) is 0 Å². The Morgan fingerprint density at radius 2 is 0.323 bits per heavy atom. The molecule has 6 aliphatic heterocycles. The number of guanidine groups is 6. The van der Waals surface area contributed by atoms with Crippen LogP contribution in [-0.4, -0.2) is 114 Å². The summed E-state index contributed by atoms with van der Waals surface area (Å²) in [4.78, 5) is 28.8. The summed E-state index contributed by atoms with van der Waals surface area (Å²) in [6.07, 6.45) is 10.8. The SMILES string of the molecule is CCc1c(CNc2c(CC)c(CNC3=NCCN3)c(CC)c(CNC3=NCCN3)c2CC)c(CC)c(CNc2c(CC)c(CNC3=NCCN3)c(CC)c(CNC3=NCCN3)c2CC)c(CC)c1CNc1c(CC)c(CNC2=NCCN2)c(CC)c(CNC2=NCCN2)c1CC. The zero-order valence-electron chi connectivity index (χ0n) is 60.5. The topological polar surface area (TPSA) is 255 Å². The van der Waals surface area contributed by atoms with Gasteiger partial charge in [-0.3, -0.25) is 30.0 Å². The van der Waals surface area contributed by atoms with Gasteiger partial charge in [-0.1, -0.05) is 83.1 Å². The normalized spacial score (nSPS) is 15.5. The molecule has 0 unspecified atom stereocenters. The minimum Gasteiger partial charge on any atom is -0.380 e. The van der Waals surface area contributed by atoms with Crippen LogP contribution in [0.1, 0.15) is 200 Å². The fourth-order valence-corrected chi connectivity index (χ4v) is 16.3. The van der Waals surface area contributed by atoms with Gasteiger partial charge in [0.05, 0.1) is 39.3 Å². The van der Waals surface area contributed by atoms with Gasteiger partial charge in [-0.05, 0) is 194 Å². The molecular weight excluding hydrogens is 1190 g/mol. The Balaban J connectivity index is 1.15. The van der Waals surface area contributed by atoms with Crippen molar-refractivity contribution < 1.29 is 0 Å². The van der Waals surface area contributed by atoms with Crippen molar-refractivity contribution in [3.8, 4) is 0 Å². The van der Waals surface area contributed by atoms with Gasteiger partial charge in [0, 0.05) is 115 Å². The largest absolute Gasteiger partial charge is 0.380 e. The van der Waals surface area contributed by atoms with Crippen LogP contribution < -0.4 is 79.8 Å². The predicted octanol–water partition coefficient (Wildman–Crippen LogP) is 7.56. The van der Waals surface area contributed by atoms with Gasteiger partial charge in [-0.2, -0.15) is 0 Å². The molecule has 0 radical (unpaired) electrons. The number of benzene rings is 4. The van der Waals surface area contributed by atoms with E-state index in [-0.39, 0.29) is 0 Å². The fourth-order valence-electron chi connectivity index (χ4n) is 16.3. The molecule has 0 aromatic heterocycles. The van der Waals surface area contributed by atoms with Crippen LogP contribution >= 0.6 is 0 Å². The zero-order chi connectivity index (χ0) is 67.5. The van der Waals surface area contributed by atoms with Crippen molar-refractivity contribution in [1.29, 1.82) is 0 Å². The van der Waals surface area contributed by atoms with E-state index in [0.717, 1.165) is 191 Å². The van der Waals surface area contributed by atoms with E-state index in [2.05, 4.69) is 163 Å². The summed E-state index contributed by atoms with van der Waals surface area (Å²) in [6, 6.07) is 0. The Morgan fingerprint density at radius 1 is 0.188 bits per heavy atom. The van der Waals surface area contributed by atoms with Crippen molar-refractivity contribution in [3.05, 3.63) is 117 Å².